The second kappa shape index (κ2) is 11.5. The van der Waals surface area contributed by atoms with Gasteiger partial charge in [0.1, 0.15) is 11.5 Å². The molecule has 0 saturated carbocycles. The summed E-state index contributed by atoms with van der Waals surface area (Å²) in [5, 5.41) is 4.88. The molecule has 1 N–H and O–H groups in total. The van der Waals surface area contributed by atoms with Gasteiger partial charge in [-0.15, -0.1) is 0 Å². The molecule has 4 atom stereocenters. The molecule has 0 bridgehead atoms. The number of ether oxygens (including phenoxy) is 1. The van der Waals surface area contributed by atoms with Crippen molar-refractivity contribution in [3.63, 3.8) is 0 Å². The first-order valence-corrected chi connectivity index (χ1v) is 13.9. The van der Waals surface area contributed by atoms with E-state index < -0.39 is 13.7 Å². The second-order valence-electron chi connectivity index (χ2n) is 10.7. The van der Waals surface area contributed by atoms with Crippen LogP contribution < -0.4 is 14.1 Å². The number of carbonyl (C=O) groups is 1. The van der Waals surface area contributed by atoms with Crippen LogP contribution in [0.25, 0.3) is 10.8 Å². The van der Waals surface area contributed by atoms with Gasteiger partial charge in [-0.2, -0.15) is 5.09 Å². The minimum Gasteiger partial charge on any atom is -0.465 e. The van der Waals surface area contributed by atoms with Gasteiger partial charge < -0.3 is 13.8 Å². The van der Waals surface area contributed by atoms with Crippen LogP contribution in [0.4, 0.5) is 0 Å². The van der Waals surface area contributed by atoms with E-state index in [1.165, 1.54) is 0 Å². The Hall–Kier alpha value is -2.82. The van der Waals surface area contributed by atoms with Crippen LogP contribution in [0.1, 0.15) is 47.1 Å². The van der Waals surface area contributed by atoms with Crippen LogP contribution in [-0.4, -0.2) is 18.6 Å². The maximum atomic E-state index is 14.2. The summed E-state index contributed by atoms with van der Waals surface area (Å²) < 4.78 is 31.8. The van der Waals surface area contributed by atoms with Crippen LogP contribution in [0.3, 0.4) is 0 Å². The molecule has 3 rings (SSSR count). The fourth-order valence-electron chi connectivity index (χ4n) is 3.65. The Morgan fingerprint density at radius 2 is 1.56 bits per heavy atom. The average molecular weight is 512 g/mol. The molecule has 36 heavy (non-hydrogen) atoms. The van der Waals surface area contributed by atoms with Crippen molar-refractivity contribution in [2.75, 3.05) is 6.61 Å². The van der Waals surface area contributed by atoms with E-state index in [-0.39, 0.29) is 23.3 Å². The first-order chi connectivity index (χ1) is 16.9. The van der Waals surface area contributed by atoms with Crippen LogP contribution in [-0.2, 0) is 14.1 Å². The number of carbonyl (C=O) groups excluding carboxylic acids is 1. The van der Waals surface area contributed by atoms with E-state index in [1.807, 2.05) is 97.0 Å². The number of fused-ring (bicyclic) bond motifs is 1. The molecule has 4 unspecified atom stereocenters. The first-order valence-electron chi connectivity index (χ1n) is 12.3. The third-order valence-corrected chi connectivity index (χ3v) is 7.78. The zero-order chi connectivity index (χ0) is 26.5. The zero-order valence-corrected chi connectivity index (χ0v) is 23.2. The third kappa shape index (κ3) is 7.59. The van der Waals surface area contributed by atoms with Gasteiger partial charge in [0, 0.05) is 11.4 Å². The van der Waals surface area contributed by atoms with Crippen molar-refractivity contribution in [3.05, 3.63) is 72.3 Å². The Bertz CT molecular complexity index is 1210. The highest BCUT2D eigenvalue weighted by molar-refractivity contribution is 7.52. The molecule has 3 aromatic rings. The molecule has 0 aromatic heterocycles. The highest BCUT2D eigenvalue weighted by Gasteiger charge is 2.36. The molecular weight excluding hydrogens is 473 g/mol. The molecule has 0 spiro atoms. The Kier molecular flexibility index (Phi) is 8.86. The van der Waals surface area contributed by atoms with Gasteiger partial charge in [-0.25, -0.2) is 4.57 Å². The quantitative estimate of drug-likeness (QED) is 0.224. The molecule has 0 aliphatic rings. The van der Waals surface area contributed by atoms with Gasteiger partial charge in [0.15, 0.2) is 0 Å². The second-order valence-corrected chi connectivity index (χ2v) is 12.3. The van der Waals surface area contributed by atoms with Crippen LogP contribution >= 0.6 is 7.75 Å². The molecule has 0 fully saturated rings. The molecule has 0 aliphatic heterocycles. The van der Waals surface area contributed by atoms with E-state index in [2.05, 4.69) is 5.09 Å². The van der Waals surface area contributed by atoms with E-state index >= 15 is 0 Å². The lowest BCUT2D eigenvalue weighted by atomic mass is 9.90. The minimum absolute atomic E-state index is 0.119. The molecule has 7 heteroatoms. The third-order valence-electron chi connectivity index (χ3n) is 6.17. The van der Waals surface area contributed by atoms with Crippen molar-refractivity contribution in [1.82, 2.24) is 5.09 Å². The lowest BCUT2D eigenvalue weighted by Gasteiger charge is -2.30. The van der Waals surface area contributed by atoms with Crippen molar-refractivity contribution < 1.29 is 23.1 Å². The van der Waals surface area contributed by atoms with Gasteiger partial charge in [-0.1, -0.05) is 88.7 Å². The number of esters is 1. The first kappa shape index (κ1) is 27.8. The van der Waals surface area contributed by atoms with Gasteiger partial charge >= 0.3 is 13.7 Å². The lowest BCUT2D eigenvalue weighted by molar-refractivity contribution is -0.152. The molecular formula is C29H38NO5P. The number of nitrogens with one attached hydrogen (secondary N) is 1. The van der Waals surface area contributed by atoms with E-state index in [0.29, 0.717) is 18.1 Å². The maximum absolute atomic E-state index is 14.2. The summed E-state index contributed by atoms with van der Waals surface area (Å²) in [6.07, 6.45) is 0. The predicted molar refractivity (Wildman–Crippen MR) is 145 cm³/mol. The highest BCUT2D eigenvalue weighted by atomic mass is 31.2. The molecule has 0 saturated heterocycles. The van der Waals surface area contributed by atoms with Crippen molar-refractivity contribution in [3.8, 4) is 11.5 Å². The predicted octanol–water partition coefficient (Wildman–Crippen LogP) is 7.55. The van der Waals surface area contributed by atoms with Gasteiger partial charge in [-0.05, 0) is 48.8 Å². The Morgan fingerprint density at radius 3 is 2.22 bits per heavy atom. The average Bonchev–Trinajstić information content (AvgIpc) is 2.82. The SMILES string of the molecule is Cc1ccc(OP(=O)(NC(C)C(C)C(C)C(=O)OCC(C)(C)C)Oc2cccc3ccccc23)cc1. The molecule has 6 nitrogen and oxygen atoms in total. The van der Waals surface area contributed by atoms with E-state index in [1.54, 1.807) is 18.2 Å². The summed E-state index contributed by atoms with van der Waals surface area (Å²) in [5.74, 6) is -0.0261. The van der Waals surface area contributed by atoms with Crippen molar-refractivity contribution in [1.29, 1.82) is 0 Å². The fourth-order valence-corrected chi connectivity index (χ4v) is 5.34. The summed E-state index contributed by atoms with van der Waals surface area (Å²) in [6, 6.07) is 20.2. The number of hydrogen-bond acceptors (Lipinski definition) is 5. The Balaban J connectivity index is 1.84. The molecule has 0 aliphatic carbocycles. The lowest BCUT2D eigenvalue weighted by Crippen LogP contribution is -2.38. The minimum atomic E-state index is -3.91. The largest absolute Gasteiger partial charge is 0.513 e. The van der Waals surface area contributed by atoms with Gasteiger partial charge in [0.25, 0.3) is 0 Å². The Morgan fingerprint density at radius 1 is 0.917 bits per heavy atom. The molecule has 194 valence electrons. The molecule has 0 amide bonds. The highest BCUT2D eigenvalue weighted by Crippen LogP contribution is 2.47. The zero-order valence-electron chi connectivity index (χ0n) is 22.3. The standard InChI is InChI=1S/C29H38NO5P/c1-20-15-17-25(18-16-20)34-36(32,35-27-14-10-12-24-11-8-9-13-26(24)27)30-23(4)21(2)22(3)28(31)33-19-29(5,6)7/h8-18,21-23H,19H2,1-7H3,(H,30,32). The van der Waals surface area contributed by atoms with Gasteiger partial charge in [0.2, 0.25) is 0 Å². The number of aryl methyl sites for hydroxylation is 1. The Labute approximate surface area is 214 Å². The van der Waals surface area contributed by atoms with Crippen molar-refractivity contribution in [2.45, 2.75) is 54.5 Å². The molecule has 0 radical (unpaired) electrons. The monoisotopic (exact) mass is 511 g/mol. The van der Waals surface area contributed by atoms with Crippen molar-refractivity contribution in [2.24, 2.45) is 17.3 Å². The van der Waals surface area contributed by atoms with Crippen LogP contribution in [0, 0.1) is 24.2 Å². The van der Waals surface area contributed by atoms with Crippen LogP contribution in [0.15, 0.2) is 66.7 Å². The summed E-state index contributed by atoms with van der Waals surface area (Å²) in [4.78, 5) is 12.7. The van der Waals surface area contributed by atoms with E-state index in [0.717, 1.165) is 16.3 Å². The fraction of sp³-hybridized carbons (Fsp3) is 0.414. The summed E-state index contributed by atoms with van der Waals surface area (Å²) >= 11 is 0. The summed E-state index contributed by atoms with van der Waals surface area (Å²) in [7, 11) is -3.91. The molecule has 3 aromatic carbocycles. The summed E-state index contributed by atoms with van der Waals surface area (Å²) in [6.45, 7) is 14.0. The van der Waals surface area contributed by atoms with Crippen LogP contribution in [0.2, 0.25) is 0 Å². The maximum Gasteiger partial charge on any atom is 0.513 e. The van der Waals surface area contributed by atoms with Crippen molar-refractivity contribution >= 4 is 24.5 Å². The smallest absolute Gasteiger partial charge is 0.465 e. The normalized spacial score (nSPS) is 16.0. The van der Waals surface area contributed by atoms with E-state index in [9.17, 15) is 9.36 Å². The number of benzene rings is 3. The topological polar surface area (TPSA) is 73.9 Å². The van der Waals surface area contributed by atoms with Crippen LogP contribution in [0.5, 0.6) is 11.5 Å². The van der Waals surface area contributed by atoms with Gasteiger partial charge in [-0.3, -0.25) is 4.79 Å². The van der Waals surface area contributed by atoms with E-state index in [4.69, 9.17) is 13.8 Å². The summed E-state index contributed by atoms with van der Waals surface area (Å²) in [5.41, 5.74) is 0.941. The van der Waals surface area contributed by atoms with Gasteiger partial charge in [0.05, 0.1) is 12.5 Å². The molecule has 0 heterocycles. The number of rotatable bonds is 10. The number of hydrogen-bond donors (Lipinski definition) is 1.